The number of hydrogen-bond acceptors (Lipinski definition) is 3. The van der Waals surface area contributed by atoms with E-state index in [2.05, 4.69) is 36.6 Å². The number of aryl methyl sites for hydroxylation is 2. The Morgan fingerprint density at radius 3 is 2.44 bits per heavy atom. The molecule has 1 aromatic heterocycles. The zero-order valence-corrected chi connectivity index (χ0v) is 11.2. The molecule has 0 aliphatic heterocycles. The first-order valence-electron chi connectivity index (χ1n) is 5.55. The number of benzene rings is 1. The minimum absolute atomic E-state index is 0.0532. The van der Waals surface area contributed by atoms with Gasteiger partial charge in [0.2, 0.25) is 6.33 Å². The van der Waals surface area contributed by atoms with Crippen molar-refractivity contribution in [3.8, 4) is 5.75 Å². The van der Waals surface area contributed by atoms with Crippen molar-refractivity contribution in [2.45, 2.75) is 13.5 Å². The second-order valence-corrected chi connectivity index (χ2v) is 4.08. The third kappa shape index (κ3) is 4.18. The number of aromatic hydroxyl groups is 1. The van der Waals surface area contributed by atoms with Crippen LogP contribution in [0.1, 0.15) is 17.3 Å². The number of phenolic OH excluding ortho intramolecular Hbond substituents is 1. The standard InChI is InChI=1S/C7H6O2S.C6H11N2/c8-6-4-2-1-3-5(6)7(9)10;1-3-8-5-4-7(2)6-8/h1-4,8H,(H,9,10);4-6H,3H2,1-2H3/q;+1/p-1. The minimum atomic E-state index is -0.530. The van der Waals surface area contributed by atoms with Gasteiger partial charge in [0.05, 0.1) is 13.6 Å². The number of rotatable bonds is 2. The summed E-state index contributed by atoms with van der Waals surface area (Å²) in [5.74, 6) is -0.0532. The van der Waals surface area contributed by atoms with Crippen LogP contribution < -0.4 is 4.57 Å². The first-order chi connectivity index (χ1) is 8.54. The largest absolute Gasteiger partial charge is 0.737 e. The summed E-state index contributed by atoms with van der Waals surface area (Å²) in [5, 5.41) is 8.46. The van der Waals surface area contributed by atoms with Crippen molar-refractivity contribution in [1.29, 1.82) is 0 Å². The average molecular weight is 264 g/mol. The molecule has 2 aromatic rings. The van der Waals surface area contributed by atoms with Crippen LogP contribution in [-0.2, 0) is 26.2 Å². The van der Waals surface area contributed by atoms with E-state index in [-0.39, 0.29) is 11.3 Å². The summed E-state index contributed by atoms with van der Waals surface area (Å²) < 4.78 is 4.16. The molecule has 1 N–H and O–H groups in total. The highest BCUT2D eigenvalue weighted by atomic mass is 32.1. The maximum Gasteiger partial charge on any atom is 0.243 e. The molecule has 0 aliphatic rings. The van der Waals surface area contributed by atoms with Gasteiger partial charge >= 0.3 is 0 Å². The lowest BCUT2D eigenvalue weighted by Gasteiger charge is -2.04. The van der Waals surface area contributed by atoms with E-state index < -0.39 is 5.12 Å². The van der Waals surface area contributed by atoms with E-state index >= 15 is 0 Å². The minimum Gasteiger partial charge on any atom is -0.737 e. The maximum absolute atomic E-state index is 10.5. The van der Waals surface area contributed by atoms with E-state index in [0.29, 0.717) is 0 Å². The molecule has 1 heterocycles. The molecule has 1 aromatic carbocycles. The highest BCUT2D eigenvalue weighted by Gasteiger charge is 1.96. The molecule has 0 fully saturated rings. The summed E-state index contributed by atoms with van der Waals surface area (Å²) >= 11 is 4.33. The van der Waals surface area contributed by atoms with Gasteiger partial charge in [-0.1, -0.05) is 12.1 Å². The molecule has 0 atom stereocenters. The van der Waals surface area contributed by atoms with Gasteiger partial charge in [0.1, 0.15) is 18.1 Å². The van der Waals surface area contributed by atoms with Crippen molar-refractivity contribution in [3.05, 3.63) is 48.5 Å². The monoisotopic (exact) mass is 264 g/mol. The van der Waals surface area contributed by atoms with Gasteiger partial charge in [-0.15, -0.1) is 0 Å². The molecule has 18 heavy (non-hydrogen) atoms. The molecule has 0 bridgehead atoms. The molecule has 2 rings (SSSR count). The Kier molecular flexibility index (Phi) is 5.32. The fraction of sp³-hybridized carbons (Fsp3) is 0.231. The Balaban J connectivity index is 0.000000184. The molecule has 4 nitrogen and oxygen atoms in total. The number of carbonyl (C=O) groups excluding carboxylic acids is 1. The van der Waals surface area contributed by atoms with E-state index in [4.69, 9.17) is 5.11 Å². The van der Waals surface area contributed by atoms with Gasteiger partial charge < -0.3 is 22.5 Å². The summed E-state index contributed by atoms with van der Waals surface area (Å²) in [6.45, 7) is 3.18. The van der Waals surface area contributed by atoms with Crippen LogP contribution in [0.3, 0.4) is 0 Å². The number of aromatic nitrogens is 2. The Morgan fingerprint density at radius 2 is 2.11 bits per heavy atom. The third-order valence-corrected chi connectivity index (χ3v) is 2.53. The molecule has 96 valence electrons. The third-order valence-electron chi connectivity index (χ3n) is 2.31. The van der Waals surface area contributed by atoms with Crippen molar-refractivity contribution >= 4 is 17.7 Å². The van der Waals surface area contributed by atoms with Crippen LogP contribution in [0.2, 0.25) is 0 Å². The highest BCUT2D eigenvalue weighted by Crippen LogP contribution is 2.14. The van der Waals surface area contributed by atoms with Gasteiger partial charge in [0.25, 0.3) is 0 Å². The number of phenols is 1. The topological polar surface area (TPSA) is 46.1 Å². The van der Waals surface area contributed by atoms with E-state index in [0.717, 1.165) is 6.54 Å². The van der Waals surface area contributed by atoms with Crippen molar-refractivity contribution < 1.29 is 14.5 Å². The summed E-state index contributed by atoms with van der Waals surface area (Å²) in [5.41, 5.74) is 0.192. The molecule has 0 saturated carbocycles. The lowest BCUT2D eigenvalue weighted by Crippen LogP contribution is -2.23. The van der Waals surface area contributed by atoms with Crippen LogP contribution in [0.25, 0.3) is 0 Å². The molecule has 0 amide bonds. The SMILES string of the molecule is CCn1cc[n+](C)c1.O=C([S-])c1ccccc1O. The molecule has 0 radical (unpaired) electrons. The Hall–Kier alpha value is -1.88. The quantitative estimate of drug-likeness (QED) is 0.659. The molecule has 0 aliphatic carbocycles. The van der Waals surface area contributed by atoms with E-state index in [9.17, 15) is 4.79 Å². The first kappa shape index (κ1) is 14.2. The normalized spacial score (nSPS) is 9.44. The zero-order valence-electron chi connectivity index (χ0n) is 10.4. The Morgan fingerprint density at radius 1 is 1.44 bits per heavy atom. The fourth-order valence-corrected chi connectivity index (χ4v) is 1.51. The number of para-hydroxylation sites is 1. The van der Waals surface area contributed by atoms with Crippen molar-refractivity contribution in [2.75, 3.05) is 0 Å². The highest BCUT2D eigenvalue weighted by molar-refractivity contribution is 7.77. The van der Waals surface area contributed by atoms with Crippen molar-refractivity contribution in [2.24, 2.45) is 7.05 Å². The van der Waals surface area contributed by atoms with Crippen molar-refractivity contribution in [3.63, 3.8) is 0 Å². The lowest BCUT2D eigenvalue weighted by molar-refractivity contribution is -0.671. The van der Waals surface area contributed by atoms with Gasteiger partial charge in [-0.2, -0.15) is 0 Å². The molecule has 0 unspecified atom stereocenters. The van der Waals surface area contributed by atoms with E-state index in [1.54, 1.807) is 12.1 Å². The second kappa shape index (κ2) is 6.76. The summed E-state index contributed by atoms with van der Waals surface area (Å²) in [4.78, 5) is 10.5. The summed E-state index contributed by atoms with van der Waals surface area (Å²) in [6.07, 6.45) is 6.14. The summed E-state index contributed by atoms with van der Waals surface area (Å²) in [7, 11) is 2.02. The number of hydrogen-bond donors (Lipinski definition) is 1. The average Bonchev–Trinajstić information content (AvgIpc) is 2.76. The zero-order chi connectivity index (χ0) is 13.5. The van der Waals surface area contributed by atoms with Crippen LogP contribution in [0.5, 0.6) is 5.75 Å². The Bertz CT molecular complexity index is 523. The van der Waals surface area contributed by atoms with Gasteiger partial charge in [0, 0.05) is 10.7 Å². The molecule has 0 saturated heterocycles. The van der Waals surface area contributed by atoms with Crippen LogP contribution in [0.4, 0.5) is 0 Å². The molecule has 0 spiro atoms. The van der Waals surface area contributed by atoms with Crippen molar-refractivity contribution in [1.82, 2.24) is 4.57 Å². The number of carbonyl (C=O) groups is 1. The smallest absolute Gasteiger partial charge is 0.243 e. The lowest BCUT2D eigenvalue weighted by atomic mass is 10.2. The molecular weight excluding hydrogens is 248 g/mol. The van der Waals surface area contributed by atoms with Crippen LogP contribution in [-0.4, -0.2) is 14.8 Å². The van der Waals surface area contributed by atoms with Gasteiger partial charge in [-0.05, 0) is 19.1 Å². The molecule has 5 heteroatoms. The number of nitrogens with zero attached hydrogens (tertiary/aromatic N) is 2. The predicted octanol–water partition coefficient (Wildman–Crippen LogP) is 1.41. The van der Waals surface area contributed by atoms with Crippen LogP contribution in [0, 0.1) is 0 Å². The van der Waals surface area contributed by atoms with Gasteiger partial charge in [0.15, 0.2) is 0 Å². The Labute approximate surface area is 112 Å². The maximum atomic E-state index is 10.5. The van der Waals surface area contributed by atoms with E-state index in [1.807, 2.05) is 17.8 Å². The summed E-state index contributed by atoms with van der Waals surface area (Å²) in [6, 6.07) is 6.21. The predicted molar refractivity (Wildman–Crippen MR) is 71.1 cm³/mol. The second-order valence-electron chi connectivity index (χ2n) is 3.71. The van der Waals surface area contributed by atoms with E-state index in [1.165, 1.54) is 12.1 Å². The fourth-order valence-electron chi connectivity index (χ4n) is 1.34. The molecular formula is C13H16N2O2S. The first-order valence-corrected chi connectivity index (χ1v) is 5.95. The van der Waals surface area contributed by atoms with Crippen LogP contribution >= 0.6 is 0 Å². The van der Waals surface area contributed by atoms with Gasteiger partial charge in [-0.25, -0.2) is 9.13 Å². The van der Waals surface area contributed by atoms with Gasteiger partial charge in [-0.3, -0.25) is 0 Å². The van der Waals surface area contributed by atoms with Crippen LogP contribution in [0.15, 0.2) is 43.0 Å². The number of imidazole rings is 1.